The minimum Gasteiger partial charge on any atom is -0.377 e. The molecule has 1 saturated heterocycles. The van der Waals surface area contributed by atoms with Crippen LogP contribution in [0.5, 0.6) is 0 Å². The average molecular weight is 338 g/mol. The summed E-state index contributed by atoms with van der Waals surface area (Å²) >= 11 is 2.41. The van der Waals surface area contributed by atoms with Gasteiger partial charge in [-0.15, -0.1) is 0 Å². The Morgan fingerprint density at radius 2 is 1.94 bits per heavy atom. The fourth-order valence-corrected chi connectivity index (χ4v) is 3.12. The van der Waals surface area contributed by atoms with E-state index in [1.54, 1.807) is 0 Å². The summed E-state index contributed by atoms with van der Waals surface area (Å²) in [4.78, 5) is 0. The highest BCUT2D eigenvalue weighted by Crippen LogP contribution is 2.31. The molecular formula is C15H15IO. The molecule has 1 aliphatic rings. The topological polar surface area (TPSA) is 9.23 Å². The van der Waals surface area contributed by atoms with Crippen LogP contribution in [0.4, 0.5) is 0 Å². The maximum atomic E-state index is 5.77. The van der Waals surface area contributed by atoms with Crippen LogP contribution in [-0.2, 0) is 4.74 Å². The van der Waals surface area contributed by atoms with Gasteiger partial charge in [-0.1, -0.05) is 65.1 Å². The smallest absolute Gasteiger partial charge is 0.0671 e. The molecule has 2 aromatic rings. The van der Waals surface area contributed by atoms with E-state index >= 15 is 0 Å². The van der Waals surface area contributed by atoms with E-state index in [-0.39, 0.29) is 0 Å². The maximum absolute atomic E-state index is 5.77. The molecule has 1 aliphatic heterocycles. The van der Waals surface area contributed by atoms with Gasteiger partial charge in [0.15, 0.2) is 0 Å². The van der Waals surface area contributed by atoms with Crippen molar-refractivity contribution in [2.24, 2.45) is 0 Å². The molecule has 0 aromatic heterocycles. The van der Waals surface area contributed by atoms with Crippen LogP contribution in [0, 0.1) is 0 Å². The van der Waals surface area contributed by atoms with E-state index in [9.17, 15) is 0 Å². The van der Waals surface area contributed by atoms with Crippen molar-refractivity contribution in [2.45, 2.75) is 18.4 Å². The van der Waals surface area contributed by atoms with Crippen molar-refractivity contribution in [1.82, 2.24) is 0 Å². The molecule has 0 bridgehead atoms. The Kier molecular flexibility index (Phi) is 3.34. The van der Waals surface area contributed by atoms with Gasteiger partial charge in [0.05, 0.1) is 12.7 Å². The third kappa shape index (κ3) is 2.33. The normalized spacial score (nSPS) is 24.3. The first-order chi connectivity index (χ1) is 8.36. The van der Waals surface area contributed by atoms with Crippen molar-refractivity contribution >= 4 is 33.4 Å². The van der Waals surface area contributed by atoms with E-state index in [0.29, 0.717) is 12.0 Å². The molecule has 2 atom stereocenters. The van der Waals surface area contributed by atoms with Gasteiger partial charge in [-0.05, 0) is 22.8 Å². The number of hydrogen-bond acceptors (Lipinski definition) is 1. The monoisotopic (exact) mass is 338 g/mol. The van der Waals surface area contributed by atoms with E-state index in [1.165, 1.54) is 22.8 Å². The maximum Gasteiger partial charge on any atom is 0.0671 e. The summed E-state index contributed by atoms with van der Waals surface area (Å²) in [7, 11) is 0. The standard InChI is InChI=1S/C15H15IO/c16-9-15-8-14(10-17-15)13-6-5-11-3-1-2-4-12(11)7-13/h1-7,14-15H,8-10H2/t14-,15-/m0/s1. The van der Waals surface area contributed by atoms with Crippen LogP contribution in [-0.4, -0.2) is 17.1 Å². The van der Waals surface area contributed by atoms with Crippen LogP contribution in [0.25, 0.3) is 10.8 Å². The van der Waals surface area contributed by atoms with Gasteiger partial charge in [0.25, 0.3) is 0 Å². The Bertz CT molecular complexity index is 523. The van der Waals surface area contributed by atoms with Crippen LogP contribution in [0.2, 0.25) is 0 Å². The molecule has 0 radical (unpaired) electrons. The summed E-state index contributed by atoms with van der Waals surface area (Å²) < 4.78 is 6.87. The average Bonchev–Trinajstić information content (AvgIpc) is 2.87. The van der Waals surface area contributed by atoms with E-state index in [1.807, 2.05) is 0 Å². The van der Waals surface area contributed by atoms with E-state index in [2.05, 4.69) is 65.1 Å². The quantitative estimate of drug-likeness (QED) is 0.591. The number of hydrogen-bond donors (Lipinski definition) is 0. The molecule has 1 fully saturated rings. The lowest BCUT2D eigenvalue weighted by molar-refractivity contribution is 0.129. The molecule has 1 heterocycles. The van der Waals surface area contributed by atoms with Gasteiger partial charge in [-0.3, -0.25) is 0 Å². The molecular weight excluding hydrogens is 323 g/mol. The van der Waals surface area contributed by atoms with Gasteiger partial charge >= 0.3 is 0 Å². The number of ether oxygens (including phenoxy) is 1. The second-order valence-corrected chi connectivity index (χ2v) is 5.53. The zero-order valence-corrected chi connectivity index (χ0v) is 11.8. The molecule has 0 aliphatic carbocycles. The highest BCUT2D eigenvalue weighted by molar-refractivity contribution is 14.1. The van der Waals surface area contributed by atoms with Gasteiger partial charge in [-0.2, -0.15) is 0 Å². The zero-order chi connectivity index (χ0) is 11.7. The lowest BCUT2D eigenvalue weighted by Gasteiger charge is -2.09. The van der Waals surface area contributed by atoms with Crippen LogP contribution in [0.1, 0.15) is 17.9 Å². The van der Waals surface area contributed by atoms with Gasteiger partial charge in [-0.25, -0.2) is 0 Å². The summed E-state index contributed by atoms with van der Waals surface area (Å²) in [5.41, 5.74) is 1.43. The SMILES string of the molecule is IC[C@@H]1C[C@H](c2ccc3ccccc3c2)CO1. The largest absolute Gasteiger partial charge is 0.377 e. The predicted molar refractivity (Wildman–Crippen MR) is 79.9 cm³/mol. The third-order valence-electron chi connectivity index (χ3n) is 3.50. The van der Waals surface area contributed by atoms with Gasteiger partial charge < -0.3 is 4.74 Å². The first-order valence-electron chi connectivity index (χ1n) is 6.03. The molecule has 0 amide bonds. The number of alkyl halides is 1. The first-order valence-corrected chi connectivity index (χ1v) is 7.55. The molecule has 0 unspecified atom stereocenters. The third-order valence-corrected chi connectivity index (χ3v) is 4.48. The molecule has 2 aromatic carbocycles. The van der Waals surface area contributed by atoms with Gasteiger partial charge in [0.2, 0.25) is 0 Å². The van der Waals surface area contributed by atoms with Crippen molar-refractivity contribution in [3.63, 3.8) is 0 Å². The van der Waals surface area contributed by atoms with Gasteiger partial charge in [0.1, 0.15) is 0 Å². The van der Waals surface area contributed by atoms with E-state index in [0.717, 1.165) is 11.0 Å². The highest BCUT2D eigenvalue weighted by Gasteiger charge is 2.25. The second kappa shape index (κ2) is 4.94. The Morgan fingerprint density at radius 1 is 1.12 bits per heavy atom. The Morgan fingerprint density at radius 3 is 2.71 bits per heavy atom. The minimum absolute atomic E-state index is 0.451. The van der Waals surface area contributed by atoms with Crippen molar-refractivity contribution in [3.8, 4) is 0 Å². The number of halogens is 1. The Balaban J connectivity index is 1.91. The number of rotatable bonds is 2. The van der Waals surface area contributed by atoms with Crippen molar-refractivity contribution in [3.05, 3.63) is 48.0 Å². The van der Waals surface area contributed by atoms with E-state index in [4.69, 9.17) is 4.74 Å². The fraction of sp³-hybridized carbons (Fsp3) is 0.333. The van der Waals surface area contributed by atoms with Crippen molar-refractivity contribution in [1.29, 1.82) is 0 Å². The van der Waals surface area contributed by atoms with Crippen molar-refractivity contribution < 1.29 is 4.74 Å². The lowest BCUT2D eigenvalue weighted by atomic mass is 9.94. The van der Waals surface area contributed by atoms with Crippen LogP contribution < -0.4 is 0 Å². The van der Waals surface area contributed by atoms with Crippen molar-refractivity contribution in [2.75, 3.05) is 11.0 Å². The van der Waals surface area contributed by atoms with Crippen LogP contribution >= 0.6 is 22.6 Å². The molecule has 17 heavy (non-hydrogen) atoms. The molecule has 88 valence electrons. The highest BCUT2D eigenvalue weighted by atomic mass is 127. The number of fused-ring (bicyclic) bond motifs is 1. The summed E-state index contributed by atoms with van der Waals surface area (Å²) in [6, 6.07) is 15.3. The molecule has 1 nitrogen and oxygen atoms in total. The summed E-state index contributed by atoms with van der Waals surface area (Å²) in [6.45, 7) is 0.881. The first kappa shape index (κ1) is 11.5. The Hall–Kier alpha value is -0.610. The lowest BCUT2D eigenvalue weighted by Crippen LogP contribution is -2.05. The van der Waals surface area contributed by atoms with E-state index < -0.39 is 0 Å². The predicted octanol–water partition coefficient (Wildman–Crippen LogP) is 4.15. The molecule has 3 rings (SSSR count). The Labute approximate surface area is 115 Å². The molecule has 0 spiro atoms. The zero-order valence-electron chi connectivity index (χ0n) is 9.60. The molecule has 0 N–H and O–H groups in total. The summed E-state index contributed by atoms with van der Waals surface area (Å²) in [6.07, 6.45) is 1.62. The van der Waals surface area contributed by atoms with Gasteiger partial charge in [0, 0.05) is 10.3 Å². The minimum atomic E-state index is 0.451. The second-order valence-electron chi connectivity index (χ2n) is 4.65. The molecule has 0 saturated carbocycles. The summed E-state index contributed by atoms with van der Waals surface area (Å²) in [5, 5.41) is 2.66. The molecule has 2 heteroatoms. The number of benzene rings is 2. The van der Waals surface area contributed by atoms with Crippen LogP contribution in [0.15, 0.2) is 42.5 Å². The van der Waals surface area contributed by atoms with Crippen LogP contribution in [0.3, 0.4) is 0 Å². The summed E-state index contributed by atoms with van der Waals surface area (Å²) in [5.74, 6) is 0.583. The fourth-order valence-electron chi connectivity index (χ4n) is 2.51.